The van der Waals surface area contributed by atoms with Gasteiger partial charge in [0.2, 0.25) is 0 Å². The van der Waals surface area contributed by atoms with Crippen molar-refractivity contribution in [3.05, 3.63) is 39.8 Å². The predicted octanol–water partition coefficient (Wildman–Crippen LogP) is 3.03. The molecular weight excluding hydrogens is 294 g/mol. The van der Waals surface area contributed by atoms with E-state index in [9.17, 15) is 0 Å². The van der Waals surface area contributed by atoms with Crippen LogP contribution >= 0.6 is 11.3 Å². The first kappa shape index (κ1) is 14.4. The Morgan fingerprint density at radius 1 is 1.36 bits per heavy atom. The van der Waals surface area contributed by atoms with E-state index in [0.29, 0.717) is 0 Å². The summed E-state index contributed by atoms with van der Waals surface area (Å²) >= 11 is 1.89. The van der Waals surface area contributed by atoms with Crippen LogP contribution in [0.2, 0.25) is 0 Å². The molecular formula is C17H23N3OS. The lowest BCUT2D eigenvalue weighted by atomic mass is 9.85. The van der Waals surface area contributed by atoms with Gasteiger partial charge in [-0.2, -0.15) is 5.10 Å². The van der Waals surface area contributed by atoms with Crippen LogP contribution in [0.4, 0.5) is 0 Å². The Morgan fingerprint density at radius 2 is 2.23 bits per heavy atom. The van der Waals surface area contributed by atoms with Crippen molar-refractivity contribution in [3.8, 4) is 0 Å². The summed E-state index contributed by atoms with van der Waals surface area (Å²) in [6, 6.07) is 2.29. The summed E-state index contributed by atoms with van der Waals surface area (Å²) in [4.78, 5) is 4.03. The Bertz CT molecular complexity index is 640. The van der Waals surface area contributed by atoms with Gasteiger partial charge < -0.3 is 4.74 Å². The topological polar surface area (TPSA) is 30.3 Å². The molecule has 2 aliphatic rings. The molecule has 1 saturated heterocycles. The van der Waals surface area contributed by atoms with Gasteiger partial charge in [-0.1, -0.05) is 0 Å². The maximum Gasteiger partial charge on any atom is 0.105 e. The fourth-order valence-corrected chi connectivity index (χ4v) is 4.88. The summed E-state index contributed by atoms with van der Waals surface area (Å²) in [5, 5.41) is 6.60. The standard InChI is InChI=1S/C17H23N3OS/c1-2-20-13-14(11-18-20)12-19-7-5-17(6-8-19)16-15(3-9-21-17)4-10-22-16/h4,10-11,13H,2-3,5-9,12H2,1H3. The maximum atomic E-state index is 6.28. The van der Waals surface area contributed by atoms with Gasteiger partial charge in [-0.3, -0.25) is 9.58 Å². The van der Waals surface area contributed by atoms with Gasteiger partial charge in [0.05, 0.1) is 12.8 Å². The Morgan fingerprint density at radius 3 is 3.00 bits per heavy atom. The molecule has 22 heavy (non-hydrogen) atoms. The zero-order valence-corrected chi connectivity index (χ0v) is 13.9. The molecule has 0 aliphatic carbocycles. The minimum atomic E-state index is 0.00580. The third kappa shape index (κ3) is 2.51. The average Bonchev–Trinajstić information content (AvgIpc) is 3.19. The van der Waals surface area contributed by atoms with Crippen LogP contribution in [0.1, 0.15) is 35.8 Å². The number of ether oxygens (including phenoxy) is 1. The van der Waals surface area contributed by atoms with Crippen LogP contribution in [0.5, 0.6) is 0 Å². The van der Waals surface area contributed by atoms with Gasteiger partial charge in [0.15, 0.2) is 0 Å². The normalized spacial score (nSPS) is 21.1. The molecule has 1 fully saturated rings. The number of aryl methyl sites for hydroxylation is 1. The van der Waals surface area contributed by atoms with Crippen molar-refractivity contribution in [2.45, 2.75) is 44.9 Å². The van der Waals surface area contributed by atoms with Gasteiger partial charge in [0.1, 0.15) is 5.60 Å². The van der Waals surface area contributed by atoms with Crippen molar-refractivity contribution in [2.75, 3.05) is 19.7 Å². The van der Waals surface area contributed by atoms with Crippen LogP contribution in [0, 0.1) is 0 Å². The average molecular weight is 317 g/mol. The zero-order chi connectivity index (χ0) is 15.0. The Labute approximate surface area is 135 Å². The van der Waals surface area contributed by atoms with Crippen molar-refractivity contribution in [3.63, 3.8) is 0 Å². The minimum Gasteiger partial charge on any atom is -0.369 e. The summed E-state index contributed by atoms with van der Waals surface area (Å²) < 4.78 is 8.28. The largest absolute Gasteiger partial charge is 0.369 e. The number of likely N-dealkylation sites (tertiary alicyclic amines) is 1. The molecule has 0 bridgehead atoms. The number of hydrogen-bond donors (Lipinski definition) is 0. The first-order chi connectivity index (χ1) is 10.8. The SMILES string of the molecule is CCn1cc(CN2CCC3(CC2)OCCc2ccsc23)cn1. The molecule has 2 aromatic rings. The van der Waals surface area contributed by atoms with E-state index in [1.54, 1.807) is 0 Å². The van der Waals surface area contributed by atoms with Crippen molar-refractivity contribution < 1.29 is 4.74 Å². The summed E-state index contributed by atoms with van der Waals surface area (Å²) in [6.45, 7) is 7.17. The maximum absolute atomic E-state index is 6.28. The van der Waals surface area contributed by atoms with Crippen molar-refractivity contribution in [1.82, 2.24) is 14.7 Å². The lowest BCUT2D eigenvalue weighted by Gasteiger charge is -2.43. The molecule has 0 unspecified atom stereocenters. The van der Waals surface area contributed by atoms with Crippen LogP contribution in [0.15, 0.2) is 23.8 Å². The highest BCUT2D eigenvalue weighted by Gasteiger charge is 2.41. The van der Waals surface area contributed by atoms with E-state index in [1.807, 2.05) is 22.2 Å². The summed E-state index contributed by atoms with van der Waals surface area (Å²) in [5.41, 5.74) is 2.85. The van der Waals surface area contributed by atoms with E-state index in [-0.39, 0.29) is 5.60 Å². The van der Waals surface area contributed by atoms with Gasteiger partial charge in [-0.25, -0.2) is 0 Å². The molecule has 4 heterocycles. The number of hydrogen-bond acceptors (Lipinski definition) is 4. The molecule has 0 amide bonds. The van der Waals surface area contributed by atoms with Crippen LogP contribution in [0.3, 0.4) is 0 Å². The molecule has 1 spiro atoms. The molecule has 0 saturated carbocycles. The zero-order valence-electron chi connectivity index (χ0n) is 13.1. The first-order valence-corrected chi connectivity index (χ1v) is 9.11. The molecule has 5 heteroatoms. The molecule has 4 nitrogen and oxygen atoms in total. The number of fused-ring (bicyclic) bond motifs is 2. The lowest BCUT2D eigenvalue weighted by molar-refractivity contribution is -0.0960. The van der Waals surface area contributed by atoms with E-state index >= 15 is 0 Å². The highest BCUT2D eigenvalue weighted by Crippen LogP contribution is 2.44. The quantitative estimate of drug-likeness (QED) is 0.872. The molecule has 2 aromatic heterocycles. The van der Waals surface area contributed by atoms with Gasteiger partial charge >= 0.3 is 0 Å². The second-order valence-corrected chi connectivity index (χ2v) is 7.26. The van der Waals surface area contributed by atoms with Gasteiger partial charge in [0, 0.05) is 42.8 Å². The number of aromatic nitrogens is 2. The number of piperidine rings is 1. The number of nitrogens with zero attached hydrogens (tertiary/aromatic N) is 3. The van der Waals surface area contributed by atoms with E-state index < -0.39 is 0 Å². The van der Waals surface area contributed by atoms with E-state index in [0.717, 1.165) is 52.0 Å². The fourth-order valence-electron chi connectivity index (χ4n) is 3.72. The third-order valence-corrected chi connectivity index (χ3v) is 6.13. The molecule has 0 aromatic carbocycles. The molecule has 0 radical (unpaired) electrons. The Hall–Kier alpha value is -1.17. The Balaban J connectivity index is 1.43. The monoisotopic (exact) mass is 317 g/mol. The van der Waals surface area contributed by atoms with Crippen LogP contribution < -0.4 is 0 Å². The van der Waals surface area contributed by atoms with Crippen LogP contribution in [-0.4, -0.2) is 34.4 Å². The Kier molecular flexibility index (Phi) is 3.80. The van der Waals surface area contributed by atoms with E-state index in [2.05, 4.69) is 34.6 Å². The first-order valence-electron chi connectivity index (χ1n) is 8.23. The summed E-state index contributed by atoms with van der Waals surface area (Å²) in [5.74, 6) is 0. The van der Waals surface area contributed by atoms with Crippen molar-refractivity contribution in [2.24, 2.45) is 0 Å². The minimum absolute atomic E-state index is 0.00580. The van der Waals surface area contributed by atoms with Gasteiger partial charge in [0.25, 0.3) is 0 Å². The highest BCUT2D eigenvalue weighted by atomic mass is 32.1. The second kappa shape index (κ2) is 5.80. The third-order valence-electron chi connectivity index (χ3n) is 4.99. The van der Waals surface area contributed by atoms with Crippen LogP contribution in [0.25, 0.3) is 0 Å². The lowest BCUT2D eigenvalue weighted by Crippen LogP contribution is -2.45. The fraction of sp³-hybridized carbons (Fsp3) is 0.588. The molecule has 118 valence electrons. The summed E-state index contributed by atoms with van der Waals surface area (Å²) in [6.07, 6.45) is 7.48. The smallest absolute Gasteiger partial charge is 0.105 e. The van der Waals surface area contributed by atoms with Gasteiger partial charge in [-0.15, -0.1) is 11.3 Å². The van der Waals surface area contributed by atoms with E-state index in [4.69, 9.17) is 4.74 Å². The molecule has 2 aliphatic heterocycles. The second-order valence-electron chi connectivity index (χ2n) is 6.35. The van der Waals surface area contributed by atoms with Crippen LogP contribution in [-0.2, 0) is 29.8 Å². The van der Waals surface area contributed by atoms with Gasteiger partial charge in [-0.05, 0) is 43.2 Å². The number of thiophene rings is 1. The van der Waals surface area contributed by atoms with E-state index in [1.165, 1.54) is 16.0 Å². The predicted molar refractivity (Wildman–Crippen MR) is 88.1 cm³/mol. The molecule has 0 atom stereocenters. The van der Waals surface area contributed by atoms with Crippen molar-refractivity contribution >= 4 is 11.3 Å². The molecule has 0 N–H and O–H groups in total. The summed E-state index contributed by atoms with van der Waals surface area (Å²) in [7, 11) is 0. The number of rotatable bonds is 3. The van der Waals surface area contributed by atoms with Crippen molar-refractivity contribution in [1.29, 1.82) is 0 Å². The molecule has 4 rings (SSSR count). The highest BCUT2D eigenvalue weighted by molar-refractivity contribution is 7.10.